The van der Waals surface area contributed by atoms with E-state index in [1.165, 1.54) is 16.5 Å². The number of amides is 1. The summed E-state index contributed by atoms with van der Waals surface area (Å²) in [5.74, 6) is 1.40. The van der Waals surface area contributed by atoms with Gasteiger partial charge in [-0.3, -0.25) is 14.7 Å². The van der Waals surface area contributed by atoms with Crippen molar-refractivity contribution in [3.05, 3.63) is 71.9 Å². The second-order valence-electron chi connectivity index (χ2n) is 8.60. The van der Waals surface area contributed by atoms with E-state index in [2.05, 4.69) is 39.1 Å². The molecule has 0 radical (unpaired) electrons. The first-order valence-electron chi connectivity index (χ1n) is 11.5. The van der Waals surface area contributed by atoms with Gasteiger partial charge < -0.3 is 14.4 Å². The Balaban J connectivity index is 1.20. The summed E-state index contributed by atoms with van der Waals surface area (Å²) in [6.07, 6.45) is 5.67. The molecular formula is C27H28N4O3. The maximum Gasteiger partial charge on any atom is 0.248 e. The molecule has 3 aromatic rings. The SMILES string of the molecule is COCC(=O)N1CCN(Cc2ccc3cc(Oc4ccc(C5=CC=NC5)cn4)ccc3c2)CC1. The maximum absolute atomic E-state index is 12.0. The molecule has 7 nitrogen and oxygen atoms in total. The van der Waals surface area contributed by atoms with E-state index in [0.717, 1.165) is 49.4 Å². The van der Waals surface area contributed by atoms with Crippen LogP contribution in [0.3, 0.4) is 0 Å². The van der Waals surface area contributed by atoms with Crippen LogP contribution < -0.4 is 4.74 Å². The lowest BCUT2D eigenvalue weighted by Gasteiger charge is -2.34. The predicted molar refractivity (Wildman–Crippen MR) is 133 cm³/mol. The summed E-state index contributed by atoms with van der Waals surface area (Å²) in [6, 6.07) is 16.6. The van der Waals surface area contributed by atoms with Gasteiger partial charge in [0.2, 0.25) is 11.8 Å². The minimum atomic E-state index is 0.0674. The van der Waals surface area contributed by atoms with Crippen molar-refractivity contribution in [2.75, 3.05) is 46.4 Å². The lowest BCUT2D eigenvalue weighted by molar-refractivity contribution is -0.136. The van der Waals surface area contributed by atoms with Crippen LogP contribution in [0.2, 0.25) is 0 Å². The Morgan fingerprint density at radius 2 is 1.82 bits per heavy atom. The zero-order valence-electron chi connectivity index (χ0n) is 19.3. The Bertz CT molecular complexity index is 1230. The summed E-state index contributed by atoms with van der Waals surface area (Å²) in [5, 5.41) is 2.30. The van der Waals surface area contributed by atoms with Crippen LogP contribution in [0.1, 0.15) is 11.1 Å². The fraction of sp³-hybridized carbons (Fsp3) is 0.296. The molecule has 7 heteroatoms. The first-order valence-corrected chi connectivity index (χ1v) is 11.5. The lowest BCUT2D eigenvalue weighted by atomic mass is 10.1. The molecule has 1 fully saturated rings. The second kappa shape index (κ2) is 10.2. The van der Waals surface area contributed by atoms with Gasteiger partial charge in [-0.15, -0.1) is 0 Å². The molecule has 1 aromatic heterocycles. The van der Waals surface area contributed by atoms with Crippen molar-refractivity contribution in [3.8, 4) is 11.6 Å². The van der Waals surface area contributed by atoms with Gasteiger partial charge in [-0.05, 0) is 57.8 Å². The number of piperazine rings is 1. The fourth-order valence-electron chi connectivity index (χ4n) is 4.35. The Labute approximate surface area is 199 Å². The number of methoxy groups -OCH3 is 1. The number of ether oxygens (including phenoxy) is 2. The van der Waals surface area contributed by atoms with Gasteiger partial charge in [0.05, 0.1) is 6.54 Å². The van der Waals surface area contributed by atoms with Gasteiger partial charge in [0.15, 0.2) is 0 Å². The molecule has 2 aliphatic heterocycles. The third-order valence-corrected chi connectivity index (χ3v) is 6.25. The number of carbonyl (C=O) groups excluding carboxylic acids is 1. The molecule has 1 saturated heterocycles. The van der Waals surface area contributed by atoms with Crippen LogP contribution in [0, 0.1) is 0 Å². The first kappa shape index (κ1) is 22.3. The number of rotatable bonds is 7. The topological polar surface area (TPSA) is 67.3 Å². The van der Waals surface area contributed by atoms with E-state index < -0.39 is 0 Å². The number of aromatic nitrogens is 1. The van der Waals surface area contributed by atoms with Gasteiger partial charge in [-0.25, -0.2) is 4.98 Å². The van der Waals surface area contributed by atoms with Gasteiger partial charge >= 0.3 is 0 Å². The Kier molecular flexibility index (Phi) is 6.65. The number of pyridine rings is 1. The summed E-state index contributed by atoms with van der Waals surface area (Å²) in [4.78, 5) is 24.9. The minimum absolute atomic E-state index is 0.0674. The normalized spacial score (nSPS) is 16.1. The van der Waals surface area contributed by atoms with Crippen molar-refractivity contribution in [1.82, 2.24) is 14.8 Å². The highest BCUT2D eigenvalue weighted by atomic mass is 16.5. The number of allylic oxidation sites excluding steroid dienone is 1. The van der Waals surface area contributed by atoms with Crippen molar-refractivity contribution >= 4 is 28.5 Å². The van der Waals surface area contributed by atoms with Gasteiger partial charge in [0.1, 0.15) is 12.4 Å². The molecule has 0 saturated carbocycles. The van der Waals surface area contributed by atoms with E-state index in [9.17, 15) is 4.79 Å². The molecule has 34 heavy (non-hydrogen) atoms. The standard InChI is InChI=1S/C27H28N4O3/c1-33-19-27(32)31-12-10-30(11-13-31)18-20-2-3-22-15-25(6-4-21(22)14-20)34-26-7-5-23(17-29-26)24-8-9-28-16-24/h2-9,14-15,17H,10-13,16,18-19H2,1H3. The van der Waals surface area contributed by atoms with Gasteiger partial charge in [-0.2, -0.15) is 0 Å². The van der Waals surface area contributed by atoms with Gasteiger partial charge in [-0.1, -0.05) is 18.2 Å². The predicted octanol–water partition coefficient (Wildman–Crippen LogP) is 3.79. The largest absolute Gasteiger partial charge is 0.439 e. The van der Waals surface area contributed by atoms with Gasteiger partial charge in [0, 0.05) is 58.3 Å². The summed E-state index contributed by atoms with van der Waals surface area (Å²) < 4.78 is 11.0. The van der Waals surface area contributed by atoms with Crippen molar-refractivity contribution in [1.29, 1.82) is 0 Å². The molecule has 0 aliphatic carbocycles. The molecule has 0 spiro atoms. The number of aliphatic imine (C=N–C) groups is 1. The second-order valence-corrected chi connectivity index (χ2v) is 8.60. The maximum atomic E-state index is 12.0. The Morgan fingerprint density at radius 1 is 1.00 bits per heavy atom. The number of hydrogen-bond acceptors (Lipinski definition) is 6. The fourth-order valence-corrected chi connectivity index (χ4v) is 4.35. The molecule has 0 unspecified atom stereocenters. The van der Waals surface area contributed by atoms with Crippen molar-refractivity contribution in [2.24, 2.45) is 4.99 Å². The summed E-state index contributed by atoms with van der Waals surface area (Å²) >= 11 is 0. The first-order chi connectivity index (χ1) is 16.7. The number of nitrogens with zero attached hydrogens (tertiary/aromatic N) is 4. The third kappa shape index (κ3) is 5.16. The molecule has 0 bridgehead atoms. The average molecular weight is 457 g/mol. The highest BCUT2D eigenvalue weighted by molar-refractivity contribution is 5.89. The van der Waals surface area contributed by atoms with E-state index in [1.807, 2.05) is 47.7 Å². The lowest BCUT2D eigenvalue weighted by Crippen LogP contribution is -2.49. The third-order valence-electron chi connectivity index (χ3n) is 6.25. The van der Waals surface area contributed by atoms with Crippen molar-refractivity contribution in [2.45, 2.75) is 6.54 Å². The number of benzene rings is 2. The van der Waals surface area contributed by atoms with E-state index in [-0.39, 0.29) is 12.5 Å². The van der Waals surface area contributed by atoms with Crippen LogP contribution in [0.15, 0.2) is 65.8 Å². The van der Waals surface area contributed by atoms with E-state index >= 15 is 0 Å². The molecule has 0 atom stereocenters. The minimum Gasteiger partial charge on any atom is -0.439 e. The molecule has 174 valence electrons. The molecule has 1 amide bonds. The van der Waals surface area contributed by atoms with Crippen LogP contribution in [-0.4, -0.2) is 73.3 Å². The van der Waals surface area contributed by atoms with Crippen LogP contribution in [0.4, 0.5) is 0 Å². The highest BCUT2D eigenvalue weighted by Gasteiger charge is 2.20. The average Bonchev–Trinajstić information content (AvgIpc) is 3.40. The molecule has 2 aromatic carbocycles. The van der Waals surface area contributed by atoms with Crippen molar-refractivity contribution in [3.63, 3.8) is 0 Å². The van der Waals surface area contributed by atoms with Crippen LogP contribution in [-0.2, 0) is 16.1 Å². The Morgan fingerprint density at radius 3 is 2.56 bits per heavy atom. The molecular weight excluding hydrogens is 428 g/mol. The number of carbonyl (C=O) groups is 1. The van der Waals surface area contributed by atoms with E-state index in [1.54, 1.807) is 7.11 Å². The summed E-state index contributed by atoms with van der Waals surface area (Å²) in [7, 11) is 1.56. The number of fused-ring (bicyclic) bond motifs is 1. The van der Waals surface area contributed by atoms with Gasteiger partial charge in [0.25, 0.3) is 0 Å². The molecule has 2 aliphatic rings. The van der Waals surface area contributed by atoms with E-state index in [0.29, 0.717) is 12.4 Å². The molecule has 5 rings (SSSR count). The smallest absolute Gasteiger partial charge is 0.248 e. The van der Waals surface area contributed by atoms with E-state index in [4.69, 9.17) is 9.47 Å². The Hall–Kier alpha value is -3.55. The van der Waals surface area contributed by atoms with Crippen LogP contribution in [0.25, 0.3) is 16.3 Å². The zero-order chi connectivity index (χ0) is 23.3. The molecule has 0 N–H and O–H groups in total. The van der Waals surface area contributed by atoms with Crippen LogP contribution in [0.5, 0.6) is 11.6 Å². The highest BCUT2D eigenvalue weighted by Crippen LogP contribution is 2.27. The zero-order valence-corrected chi connectivity index (χ0v) is 19.3. The quantitative estimate of drug-likeness (QED) is 0.541. The summed E-state index contributed by atoms with van der Waals surface area (Å²) in [5.41, 5.74) is 3.50. The monoisotopic (exact) mass is 456 g/mol. The molecule has 3 heterocycles. The number of hydrogen-bond donors (Lipinski definition) is 0. The summed E-state index contributed by atoms with van der Waals surface area (Å²) in [6.45, 7) is 4.98. The van der Waals surface area contributed by atoms with Crippen molar-refractivity contribution < 1.29 is 14.3 Å². The van der Waals surface area contributed by atoms with Crippen LogP contribution >= 0.6 is 0 Å².